The van der Waals surface area contributed by atoms with Crippen LogP contribution in [-0.4, -0.2) is 22.3 Å². The summed E-state index contributed by atoms with van der Waals surface area (Å²) in [6.07, 6.45) is 1.57. The number of nitrogens with one attached hydrogen (secondary N) is 1. The van der Waals surface area contributed by atoms with E-state index in [0.29, 0.717) is 16.9 Å². The second kappa shape index (κ2) is 6.25. The zero-order valence-electron chi connectivity index (χ0n) is 14.9. The van der Waals surface area contributed by atoms with Crippen LogP contribution in [-0.2, 0) is 9.59 Å². The van der Waals surface area contributed by atoms with Crippen LogP contribution in [0.25, 0.3) is 17.0 Å². The van der Waals surface area contributed by atoms with Crippen molar-refractivity contribution < 1.29 is 14.4 Å². The number of aromatic nitrogens is 1. The van der Waals surface area contributed by atoms with E-state index in [2.05, 4.69) is 5.43 Å². The third kappa shape index (κ3) is 2.62. The minimum absolute atomic E-state index is 0.0356. The van der Waals surface area contributed by atoms with Gasteiger partial charge in [-0.1, -0.05) is 36.4 Å². The first-order valence-corrected chi connectivity index (χ1v) is 8.52. The Bertz CT molecular complexity index is 1130. The third-order valence-corrected chi connectivity index (χ3v) is 4.67. The molecule has 27 heavy (non-hydrogen) atoms. The Hall–Kier alpha value is -3.67. The number of hydrazine groups is 1. The molecule has 1 fully saturated rings. The highest BCUT2D eigenvalue weighted by atomic mass is 16.2. The van der Waals surface area contributed by atoms with E-state index in [1.54, 1.807) is 41.8 Å². The zero-order valence-corrected chi connectivity index (χ0v) is 14.9. The number of para-hydroxylation sites is 2. The Kier molecular flexibility index (Phi) is 3.88. The highest BCUT2D eigenvalue weighted by Crippen LogP contribution is 2.29. The largest absolute Gasteiger partial charge is 0.284 e. The van der Waals surface area contributed by atoms with Crippen LogP contribution in [0.3, 0.4) is 0 Å². The average Bonchev–Trinajstić information content (AvgIpc) is 3.11. The number of hydrogen-bond donors (Lipinski definition) is 1. The van der Waals surface area contributed by atoms with Gasteiger partial charge in [0.05, 0.1) is 11.2 Å². The van der Waals surface area contributed by atoms with Crippen molar-refractivity contribution in [2.75, 3.05) is 5.01 Å². The summed E-state index contributed by atoms with van der Waals surface area (Å²) in [7, 11) is 0. The third-order valence-electron chi connectivity index (χ3n) is 4.67. The van der Waals surface area contributed by atoms with Crippen LogP contribution >= 0.6 is 0 Å². The molecule has 0 bridgehead atoms. The topological polar surface area (TPSA) is 71.4 Å². The fourth-order valence-electron chi connectivity index (χ4n) is 3.44. The number of carbonyl (C=O) groups is 3. The lowest BCUT2D eigenvalue weighted by molar-refractivity contribution is -0.117. The van der Waals surface area contributed by atoms with Gasteiger partial charge in [-0.3, -0.25) is 24.4 Å². The van der Waals surface area contributed by atoms with E-state index in [1.807, 2.05) is 30.3 Å². The second-order valence-electron chi connectivity index (χ2n) is 6.35. The minimum Gasteiger partial charge on any atom is -0.284 e. The number of carbonyl (C=O) groups excluding carboxylic acids is 3. The number of fused-ring (bicyclic) bond motifs is 1. The zero-order chi connectivity index (χ0) is 19.1. The summed E-state index contributed by atoms with van der Waals surface area (Å²) < 4.78 is 1.59. The number of rotatable bonds is 2. The van der Waals surface area contributed by atoms with Crippen LogP contribution in [0.15, 0.2) is 60.2 Å². The lowest BCUT2D eigenvalue weighted by atomic mass is 10.1. The number of amides is 2. The summed E-state index contributed by atoms with van der Waals surface area (Å²) >= 11 is 0. The van der Waals surface area contributed by atoms with E-state index < -0.39 is 11.8 Å². The van der Waals surface area contributed by atoms with E-state index in [0.717, 1.165) is 10.9 Å². The standard InChI is InChI=1S/C21H17N3O3/c1-13-17(16-10-6-7-11-19(16)23(13)14(2)25)12-18-20(26)22-24(21(18)27)15-8-4-3-5-9-15/h3-12H,1-2H3,(H,22,26). The molecule has 6 nitrogen and oxygen atoms in total. The normalized spacial score (nSPS) is 15.6. The van der Waals surface area contributed by atoms with E-state index in [-0.39, 0.29) is 11.5 Å². The molecular formula is C21H17N3O3. The van der Waals surface area contributed by atoms with Gasteiger partial charge in [0.1, 0.15) is 5.57 Å². The maximum atomic E-state index is 12.8. The lowest BCUT2D eigenvalue weighted by Gasteiger charge is -2.13. The molecule has 1 aliphatic rings. The highest BCUT2D eigenvalue weighted by Gasteiger charge is 2.34. The maximum absolute atomic E-state index is 12.8. The van der Waals surface area contributed by atoms with Gasteiger partial charge < -0.3 is 0 Å². The van der Waals surface area contributed by atoms with Crippen molar-refractivity contribution in [3.8, 4) is 0 Å². The Morgan fingerprint density at radius 2 is 1.67 bits per heavy atom. The molecule has 0 radical (unpaired) electrons. The SMILES string of the molecule is CC(=O)n1c(C)c(C=C2C(=O)NN(c3ccccc3)C2=O)c2ccccc21. The first kappa shape index (κ1) is 16.8. The molecule has 2 aromatic carbocycles. The average molecular weight is 359 g/mol. The Balaban J connectivity index is 1.85. The molecular weight excluding hydrogens is 342 g/mol. The van der Waals surface area contributed by atoms with Crippen molar-refractivity contribution in [2.45, 2.75) is 13.8 Å². The summed E-state index contributed by atoms with van der Waals surface area (Å²) in [5.74, 6) is -1.02. The van der Waals surface area contributed by atoms with Crippen LogP contribution in [0.5, 0.6) is 0 Å². The van der Waals surface area contributed by atoms with Gasteiger partial charge in [0, 0.05) is 23.6 Å². The first-order valence-electron chi connectivity index (χ1n) is 8.52. The van der Waals surface area contributed by atoms with Crippen molar-refractivity contribution in [3.63, 3.8) is 0 Å². The molecule has 0 spiro atoms. The van der Waals surface area contributed by atoms with Crippen molar-refractivity contribution in [3.05, 3.63) is 71.4 Å². The second-order valence-corrected chi connectivity index (χ2v) is 6.35. The van der Waals surface area contributed by atoms with Crippen LogP contribution in [0.2, 0.25) is 0 Å². The van der Waals surface area contributed by atoms with Crippen molar-refractivity contribution >= 4 is 40.4 Å². The molecule has 0 aliphatic carbocycles. The predicted octanol–water partition coefficient (Wildman–Crippen LogP) is 3.07. The molecule has 1 aromatic heterocycles. The van der Waals surface area contributed by atoms with Gasteiger partial charge in [-0.15, -0.1) is 0 Å². The Morgan fingerprint density at radius 3 is 2.37 bits per heavy atom. The summed E-state index contributed by atoms with van der Waals surface area (Å²) in [6, 6.07) is 16.3. The molecule has 2 amide bonds. The van der Waals surface area contributed by atoms with Crippen molar-refractivity contribution in [1.29, 1.82) is 0 Å². The predicted molar refractivity (Wildman–Crippen MR) is 103 cm³/mol. The molecule has 1 saturated heterocycles. The van der Waals surface area contributed by atoms with Gasteiger partial charge in [0.2, 0.25) is 5.91 Å². The van der Waals surface area contributed by atoms with E-state index in [1.165, 1.54) is 11.9 Å². The molecule has 0 unspecified atom stereocenters. The van der Waals surface area contributed by atoms with Crippen LogP contribution in [0, 0.1) is 6.92 Å². The molecule has 2 heterocycles. The van der Waals surface area contributed by atoms with Gasteiger partial charge in [0.25, 0.3) is 11.8 Å². The monoisotopic (exact) mass is 359 g/mol. The number of anilines is 1. The molecule has 0 atom stereocenters. The van der Waals surface area contributed by atoms with Crippen LogP contribution in [0.1, 0.15) is 23.0 Å². The van der Waals surface area contributed by atoms with Gasteiger partial charge in [-0.25, -0.2) is 5.01 Å². The van der Waals surface area contributed by atoms with Gasteiger partial charge in [-0.05, 0) is 31.2 Å². The molecule has 4 rings (SSSR count). The molecule has 1 aliphatic heterocycles. The molecule has 1 N–H and O–H groups in total. The quantitative estimate of drug-likeness (QED) is 0.565. The van der Waals surface area contributed by atoms with Crippen molar-refractivity contribution in [1.82, 2.24) is 9.99 Å². The maximum Gasteiger partial charge on any atom is 0.282 e. The van der Waals surface area contributed by atoms with Crippen molar-refractivity contribution in [2.24, 2.45) is 0 Å². The number of nitrogens with zero attached hydrogens (tertiary/aromatic N) is 2. The molecule has 0 saturated carbocycles. The molecule has 134 valence electrons. The summed E-state index contributed by atoms with van der Waals surface area (Å²) in [5, 5.41) is 2.05. The first-order chi connectivity index (χ1) is 13.0. The minimum atomic E-state index is -0.470. The Morgan fingerprint density at radius 1 is 1.00 bits per heavy atom. The van der Waals surface area contributed by atoms with Crippen LogP contribution < -0.4 is 10.4 Å². The number of hydrogen-bond acceptors (Lipinski definition) is 3. The fourth-order valence-corrected chi connectivity index (χ4v) is 3.44. The van der Waals surface area contributed by atoms with Gasteiger partial charge >= 0.3 is 0 Å². The van der Waals surface area contributed by atoms with Crippen LogP contribution in [0.4, 0.5) is 5.69 Å². The summed E-state index contributed by atoms with van der Waals surface area (Å²) in [6.45, 7) is 3.29. The Labute approximate surface area is 155 Å². The smallest absolute Gasteiger partial charge is 0.282 e. The van der Waals surface area contributed by atoms with E-state index in [4.69, 9.17) is 0 Å². The number of benzene rings is 2. The van der Waals surface area contributed by atoms with E-state index in [9.17, 15) is 14.4 Å². The fraction of sp³-hybridized carbons (Fsp3) is 0.0952. The van der Waals surface area contributed by atoms with E-state index >= 15 is 0 Å². The molecule has 6 heteroatoms. The summed E-state index contributed by atoms with van der Waals surface area (Å²) in [5.41, 5.74) is 5.34. The molecule has 3 aromatic rings. The van der Waals surface area contributed by atoms with Gasteiger partial charge in [0.15, 0.2) is 0 Å². The lowest BCUT2D eigenvalue weighted by Crippen LogP contribution is -2.35. The highest BCUT2D eigenvalue weighted by molar-refractivity contribution is 6.32. The summed E-state index contributed by atoms with van der Waals surface area (Å²) in [4.78, 5) is 37.3. The van der Waals surface area contributed by atoms with Gasteiger partial charge in [-0.2, -0.15) is 0 Å².